The first kappa shape index (κ1) is 12.4. The molecule has 88 valence electrons. The summed E-state index contributed by atoms with van der Waals surface area (Å²) in [7, 11) is 0. The fourth-order valence-corrected chi connectivity index (χ4v) is 1.15. The largest absolute Gasteiger partial charge is 0.351 e. The van der Waals surface area contributed by atoms with Gasteiger partial charge in [-0.2, -0.15) is 0 Å². The number of nitrogens with zero attached hydrogens (tertiary/aromatic N) is 1. The Hall–Kier alpha value is -1.62. The zero-order valence-corrected chi connectivity index (χ0v) is 9.87. The summed E-state index contributed by atoms with van der Waals surface area (Å²) in [4.78, 5) is 15.7. The fourth-order valence-electron chi connectivity index (χ4n) is 1.15. The zero-order chi connectivity index (χ0) is 12.2. The molecule has 1 rings (SSSR count). The Morgan fingerprint density at radius 2 is 2.19 bits per heavy atom. The molecule has 0 fully saturated rings. The van der Waals surface area contributed by atoms with Gasteiger partial charge < -0.3 is 10.7 Å². The van der Waals surface area contributed by atoms with Gasteiger partial charge in [0, 0.05) is 12.7 Å². The van der Waals surface area contributed by atoms with Gasteiger partial charge in [-0.1, -0.05) is 20.8 Å². The first-order valence-electron chi connectivity index (χ1n) is 5.13. The number of aromatic nitrogens is 1. The van der Waals surface area contributed by atoms with Gasteiger partial charge in [-0.25, -0.2) is 0 Å². The highest BCUT2D eigenvalue weighted by Gasteiger charge is 2.15. The predicted octanol–water partition coefficient (Wildman–Crippen LogP) is 1.14. The van der Waals surface area contributed by atoms with E-state index >= 15 is 0 Å². The standard InChI is InChI=1S/C11H18N4O/c1-11(2,3)7-14-10(16)8-4-5-13-6-9(8)15-12/h4-6,15H,7,12H2,1-3H3,(H,14,16). The van der Waals surface area contributed by atoms with E-state index in [1.807, 2.05) is 0 Å². The molecule has 5 heteroatoms. The van der Waals surface area contributed by atoms with Crippen molar-refractivity contribution in [1.29, 1.82) is 0 Å². The molecule has 1 aromatic heterocycles. The molecule has 1 aromatic rings. The lowest BCUT2D eigenvalue weighted by Gasteiger charge is -2.19. The van der Waals surface area contributed by atoms with Crippen LogP contribution in [-0.4, -0.2) is 17.4 Å². The molecule has 0 radical (unpaired) electrons. The second-order valence-corrected chi connectivity index (χ2v) is 4.81. The van der Waals surface area contributed by atoms with Crippen LogP contribution in [0.3, 0.4) is 0 Å². The lowest BCUT2D eigenvalue weighted by Crippen LogP contribution is -2.32. The van der Waals surface area contributed by atoms with E-state index in [2.05, 4.69) is 36.5 Å². The summed E-state index contributed by atoms with van der Waals surface area (Å²) in [6.07, 6.45) is 3.08. The van der Waals surface area contributed by atoms with Gasteiger partial charge >= 0.3 is 0 Å². The Kier molecular flexibility index (Phi) is 3.84. The molecule has 4 N–H and O–H groups in total. The van der Waals surface area contributed by atoms with Crippen LogP contribution in [0.1, 0.15) is 31.1 Å². The lowest BCUT2D eigenvalue weighted by atomic mass is 9.97. The van der Waals surface area contributed by atoms with E-state index in [1.165, 1.54) is 6.20 Å². The van der Waals surface area contributed by atoms with Gasteiger partial charge in [-0.15, -0.1) is 0 Å². The van der Waals surface area contributed by atoms with Gasteiger partial charge in [0.05, 0.1) is 17.4 Å². The van der Waals surface area contributed by atoms with Crippen LogP contribution in [0.4, 0.5) is 5.69 Å². The second-order valence-electron chi connectivity index (χ2n) is 4.81. The van der Waals surface area contributed by atoms with Crippen molar-refractivity contribution in [2.24, 2.45) is 11.3 Å². The quantitative estimate of drug-likeness (QED) is 0.529. The van der Waals surface area contributed by atoms with Crippen LogP contribution >= 0.6 is 0 Å². The van der Waals surface area contributed by atoms with E-state index in [0.29, 0.717) is 17.8 Å². The third-order valence-electron chi connectivity index (χ3n) is 2.00. The maximum atomic E-state index is 11.8. The van der Waals surface area contributed by atoms with Crippen molar-refractivity contribution in [2.45, 2.75) is 20.8 Å². The number of hydrazine groups is 1. The number of nitrogens with one attached hydrogen (secondary N) is 2. The lowest BCUT2D eigenvalue weighted by molar-refractivity contribution is 0.0940. The molecule has 0 spiro atoms. The van der Waals surface area contributed by atoms with Crippen LogP contribution in [0.25, 0.3) is 0 Å². The number of carbonyl (C=O) groups is 1. The summed E-state index contributed by atoms with van der Waals surface area (Å²) >= 11 is 0. The molecule has 0 saturated carbocycles. The normalized spacial score (nSPS) is 11.0. The molecule has 16 heavy (non-hydrogen) atoms. The molecular weight excluding hydrogens is 204 g/mol. The van der Waals surface area contributed by atoms with E-state index in [4.69, 9.17) is 5.84 Å². The number of rotatable bonds is 3. The highest BCUT2D eigenvalue weighted by Crippen LogP contribution is 2.14. The minimum Gasteiger partial charge on any atom is -0.351 e. The van der Waals surface area contributed by atoms with Crippen molar-refractivity contribution in [2.75, 3.05) is 12.0 Å². The summed E-state index contributed by atoms with van der Waals surface area (Å²) in [6, 6.07) is 1.63. The highest BCUT2D eigenvalue weighted by atomic mass is 16.1. The van der Waals surface area contributed by atoms with Crippen molar-refractivity contribution >= 4 is 11.6 Å². The number of pyridine rings is 1. The molecule has 5 nitrogen and oxygen atoms in total. The highest BCUT2D eigenvalue weighted by molar-refractivity contribution is 5.99. The van der Waals surface area contributed by atoms with Crippen LogP contribution in [0.2, 0.25) is 0 Å². The SMILES string of the molecule is CC(C)(C)CNC(=O)c1ccncc1NN. The van der Waals surface area contributed by atoms with Crippen molar-refractivity contribution in [3.63, 3.8) is 0 Å². The summed E-state index contributed by atoms with van der Waals surface area (Å²) in [5, 5.41) is 2.85. The Morgan fingerprint density at radius 1 is 1.50 bits per heavy atom. The Bertz CT molecular complexity index is 370. The van der Waals surface area contributed by atoms with Gasteiger partial charge in [0.1, 0.15) is 0 Å². The Labute approximate surface area is 95.4 Å². The Balaban J connectivity index is 2.73. The summed E-state index contributed by atoms with van der Waals surface area (Å²) < 4.78 is 0. The van der Waals surface area contributed by atoms with Gasteiger partial charge in [0.15, 0.2) is 0 Å². The molecule has 1 heterocycles. The predicted molar refractivity (Wildman–Crippen MR) is 63.8 cm³/mol. The van der Waals surface area contributed by atoms with E-state index in [9.17, 15) is 4.79 Å². The first-order valence-corrected chi connectivity index (χ1v) is 5.13. The van der Waals surface area contributed by atoms with Gasteiger partial charge in [0.25, 0.3) is 5.91 Å². The van der Waals surface area contributed by atoms with E-state index in [0.717, 1.165) is 0 Å². The van der Waals surface area contributed by atoms with Gasteiger partial charge in [-0.3, -0.25) is 15.6 Å². The zero-order valence-electron chi connectivity index (χ0n) is 9.87. The van der Waals surface area contributed by atoms with Crippen molar-refractivity contribution < 1.29 is 4.79 Å². The fraction of sp³-hybridized carbons (Fsp3) is 0.455. The van der Waals surface area contributed by atoms with Crippen molar-refractivity contribution in [3.05, 3.63) is 24.0 Å². The first-order chi connectivity index (χ1) is 7.44. The summed E-state index contributed by atoms with van der Waals surface area (Å²) in [6.45, 7) is 6.78. The van der Waals surface area contributed by atoms with E-state index in [1.54, 1.807) is 12.3 Å². The van der Waals surface area contributed by atoms with Gasteiger partial charge in [-0.05, 0) is 11.5 Å². The second kappa shape index (κ2) is 4.94. The van der Waals surface area contributed by atoms with E-state index in [-0.39, 0.29) is 11.3 Å². The topological polar surface area (TPSA) is 80.0 Å². The third-order valence-corrected chi connectivity index (χ3v) is 2.00. The average molecular weight is 222 g/mol. The number of nitrogen functional groups attached to an aromatic ring is 1. The summed E-state index contributed by atoms with van der Waals surface area (Å²) in [5.41, 5.74) is 3.53. The number of hydrogen-bond donors (Lipinski definition) is 3. The number of amides is 1. The number of carbonyl (C=O) groups excluding carboxylic acids is 1. The van der Waals surface area contributed by atoms with Crippen molar-refractivity contribution in [3.8, 4) is 0 Å². The molecule has 1 amide bonds. The molecule has 0 bridgehead atoms. The van der Waals surface area contributed by atoms with Crippen LogP contribution in [0, 0.1) is 5.41 Å². The molecule has 0 aliphatic rings. The summed E-state index contributed by atoms with van der Waals surface area (Å²) in [5.74, 6) is 5.15. The minimum atomic E-state index is -0.148. The van der Waals surface area contributed by atoms with Crippen LogP contribution < -0.4 is 16.6 Å². The molecule has 0 unspecified atom stereocenters. The van der Waals surface area contributed by atoms with Gasteiger partial charge in [0.2, 0.25) is 0 Å². The smallest absolute Gasteiger partial charge is 0.253 e. The molecule has 0 aliphatic heterocycles. The molecule has 0 aliphatic carbocycles. The number of anilines is 1. The van der Waals surface area contributed by atoms with E-state index < -0.39 is 0 Å². The Morgan fingerprint density at radius 3 is 2.75 bits per heavy atom. The molecular formula is C11H18N4O. The minimum absolute atomic E-state index is 0.0546. The maximum absolute atomic E-state index is 11.8. The molecule has 0 atom stereocenters. The van der Waals surface area contributed by atoms with Crippen LogP contribution in [0.5, 0.6) is 0 Å². The molecule has 0 saturated heterocycles. The number of nitrogens with two attached hydrogens (primary N) is 1. The van der Waals surface area contributed by atoms with Crippen molar-refractivity contribution in [1.82, 2.24) is 10.3 Å². The maximum Gasteiger partial charge on any atom is 0.253 e. The average Bonchev–Trinajstić information content (AvgIpc) is 2.25. The monoisotopic (exact) mass is 222 g/mol. The molecule has 0 aromatic carbocycles. The third kappa shape index (κ3) is 3.51. The van der Waals surface area contributed by atoms with Crippen LogP contribution in [0.15, 0.2) is 18.5 Å². The van der Waals surface area contributed by atoms with Crippen LogP contribution in [-0.2, 0) is 0 Å². The number of hydrogen-bond acceptors (Lipinski definition) is 4.